The van der Waals surface area contributed by atoms with Crippen molar-refractivity contribution < 1.29 is 9.90 Å². The van der Waals surface area contributed by atoms with E-state index >= 15 is 0 Å². The molecular weight excluding hydrogens is 228 g/mol. The molecule has 1 aromatic rings. The molecule has 100 valence electrons. The summed E-state index contributed by atoms with van der Waals surface area (Å²) >= 11 is 0. The lowest BCUT2D eigenvalue weighted by atomic mass is 9.76. The van der Waals surface area contributed by atoms with Crippen LogP contribution < -0.4 is 0 Å². The number of imidazole rings is 1. The molecule has 0 aliphatic heterocycles. The summed E-state index contributed by atoms with van der Waals surface area (Å²) in [6.07, 6.45) is 6.88. The van der Waals surface area contributed by atoms with Gasteiger partial charge in [-0.1, -0.05) is 6.92 Å². The van der Waals surface area contributed by atoms with Gasteiger partial charge < -0.3 is 9.67 Å². The zero-order chi connectivity index (χ0) is 13.2. The van der Waals surface area contributed by atoms with Crippen LogP contribution in [0.25, 0.3) is 0 Å². The van der Waals surface area contributed by atoms with Gasteiger partial charge in [0.05, 0.1) is 6.42 Å². The maximum absolute atomic E-state index is 12.3. The van der Waals surface area contributed by atoms with Gasteiger partial charge in [-0.2, -0.15) is 0 Å². The van der Waals surface area contributed by atoms with Gasteiger partial charge in [0.15, 0.2) is 5.78 Å². The average Bonchev–Trinajstić information content (AvgIpc) is 2.80. The van der Waals surface area contributed by atoms with Gasteiger partial charge in [0.25, 0.3) is 0 Å². The highest BCUT2D eigenvalue weighted by molar-refractivity contribution is 5.88. The molecule has 1 aliphatic carbocycles. The molecule has 1 N–H and O–H groups in total. The first-order chi connectivity index (χ1) is 8.55. The molecule has 2 rings (SSSR count). The van der Waals surface area contributed by atoms with Crippen LogP contribution >= 0.6 is 0 Å². The number of nitrogens with zero attached hydrogens (tertiary/aromatic N) is 2. The molecule has 0 spiro atoms. The molecular formula is C14H22N2O2. The van der Waals surface area contributed by atoms with E-state index in [1.807, 2.05) is 17.7 Å². The summed E-state index contributed by atoms with van der Waals surface area (Å²) in [6, 6.07) is 0. The lowest BCUT2D eigenvalue weighted by Gasteiger charge is -2.33. The Morgan fingerprint density at radius 3 is 2.83 bits per heavy atom. The van der Waals surface area contributed by atoms with Gasteiger partial charge in [-0.15, -0.1) is 0 Å². The summed E-state index contributed by atoms with van der Waals surface area (Å²) in [4.78, 5) is 16.5. The predicted molar refractivity (Wildman–Crippen MR) is 69.2 cm³/mol. The third kappa shape index (κ3) is 2.64. The van der Waals surface area contributed by atoms with E-state index in [-0.39, 0.29) is 12.2 Å². The minimum atomic E-state index is -1.11. The number of carbonyl (C=O) groups excluding carboxylic acids is 1. The molecule has 1 aromatic heterocycles. The fourth-order valence-corrected chi connectivity index (χ4v) is 2.62. The first-order valence-electron chi connectivity index (χ1n) is 6.81. The highest BCUT2D eigenvalue weighted by Crippen LogP contribution is 2.33. The monoisotopic (exact) mass is 250 g/mol. The molecule has 18 heavy (non-hydrogen) atoms. The molecule has 1 aliphatic rings. The van der Waals surface area contributed by atoms with Gasteiger partial charge >= 0.3 is 0 Å². The van der Waals surface area contributed by atoms with Crippen molar-refractivity contribution in [3.8, 4) is 0 Å². The fraction of sp³-hybridized carbons (Fsp3) is 0.714. The van der Waals surface area contributed by atoms with Gasteiger partial charge in [0, 0.05) is 18.9 Å². The van der Waals surface area contributed by atoms with Crippen LogP contribution in [0.2, 0.25) is 0 Å². The second-order valence-electron chi connectivity index (χ2n) is 5.44. The van der Waals surface area contributed by atoms with Crippen LogP contribution in [0.4, 0.5) is 0 Å². The third-order valence-electron chi connectivity index (χ3n) is 4.08. The maximum atomic E-state index is 12.3. The van der Waals surface area contributed by atoms with Crippen molar-refractivity contribution in [2.24, 2.45) is 5.92 Å². The van der Waals surface area contributed by atoms with E-state index in [0.29, 0.717) is 18.8 Å². The minimum absolute atomic E-state index is 0.0738. The molecule has 0 amide bonds. The van der Waals surface area contributed by atoms with E-state index in [9.17, 15) is 9.90 Å². The number of aromatic nitrogens is 2. The van der Waals surface area contributed by atoms with Crippen LogP contribution in [0.3, 0.4) is 0 Å². The summed E-state index contributed by atoms with van der Waals surface area (Å²) in [5.41, 5.74) is -1.11. The van der Waals surface area contributed by atoms with Crippen molar-refractivity contribution in [1.82, 2.24) is 9.55 Å². The zero-order valence-electron chi connectivity index (χ0n) is 11.2. The predicted octanol–water partition coefficient (Wildman–Crippen LogP) is 1.96. The number of aryl methyl sites for hydroxylation is 1. The van der Waals surface area contributed by atoms with Crippen molar-refractivity contribution in [2.45, 2.75) is 58.1 Å². The van der Waals surface area contributed by atoms with Crippen LogP contribution in [-0.2, 0) is 17.8 Å². The van der Waals surface area contributed by atoms with E-state index in [2.05, 4.69) is 11.9 Å². The molecule has 1 heterocycles. The van der Waals surface area contributed by atoms with E-state index in [0.717, 1.165) is 25.2 Å². The first kappa shape index (κ1) is 13.3. The third-order valence-corrected chi connectivity index (χ3v) is 4.08. The molecule has 0 bridgehead atoms. The van der Waals surface area contributed by atoms with Gasteiger partial charge in [0.1, 0.15) is 11.4 Å². The quantitative estimate of drug-likeness (QED) is 0.888. The van der Waals surface area contributed by atoms with Gasteiger partial charge in [0.2, 0.25) is 0 Å². The Bertz CT molecular complexity index is 417. The summed E-state index contributed by atoms with van der Waals surface area (Å²) in [7, 11) is 0. The van der Waals surface area contributed by atoms with Crippen molar-refractivity contribution >= 4 is 5.78 Å². The van der Waals surface area contributed by atoms with Gasteiger partial charge in [-0.3, -0.25) is 4.79 Å². The standard InChI is InChI=1S/C14H22N2O2/c1-3-16-9-8-15-13(16)10-12(17)14(18)6-4-11(2)5-7-14/h8-9,11,18H,3-7,10H2,1-2H3. The Balaban J connectivity index is 2.03. The van der Waals surface area contributed by atoms with E-state index < -0.39 is 5.60 Å². The summed E-state index contributed by atoms with van der Waals surface area (Å²) in [5.74, 6) is 1.31. The lowest BCUT2D eigenvalue weighted by molar-refractivity contribution is -0.140. The van der Waals surface area contributed by atoms with Crippen molar-refractivity contribution in [3.63, 3.8) is 0 Å². The maximum Gasteiger partial charge on any atom is 0.171 e. The Morgan fingerprint density at radius 1 is 1.56 bits per heavy atom. The molecule has 1 fully saturated rings. The second kappa shape index (κ2) is 5.22. The van der Waals surface area contributed by atoms with Crippen LogP contribution in [0.1, 0.15) is 45.4 Å². The van der Waals surface area contributed by atoms with Crippen LogP contribution in [0.5, 0.6) is 0 Å². The first-order valence-corrected chi connectivity index (χ1v) is 6.81. The SMILES string of the molecule is CCn1ccnc1CC(=O)C1(O)CCC(C)CC1. The summed E-state index contributed by atoms with van der Waals surface area (Å²) in [6.45, 7) is 5.00. The number of hydrogen-bond acceptors (Lipinski definition) is 3. The Morgan fingerprint density at radius 2 is 2.22 bits per heavy atom. The molecule has 0 aromatic carbocycles. The van der Waals surface area contributed by atoms with E-state index in [4.69, 9.17) is 0 Å². The molecule has 4 heteroatoms. The van der Waals surface area contributed by atoms with Crippen molar-refractivity contribution in [2.75, 3.05) is 0 Å². The summed E-state index contributed by atoms with van der Waals surface area (Å²) < 4.78 is 1.95. The van der Waals surface area contributed by atoms with Crippen molar-refractivity contribution in [1.29, 1.82) is 0 Å². The highest BCUT2D eigenvalue weighted by atomic mass is 16.3. The Hall–Kier alpha value is -1.16. The lowest BCUT2D eigenvalue weighted by Crippen LogP contribution is -2.43. The number of aliphatic hydroxyl groups is 1. The fourth-order valence-electron chi connectivity index (χ4n) is 2.62. The number of hydrogen-bond donors (Lipinski definition) is 1. The Kier molecular flexibility index (Phi) is 3.85. The van der Waals surface area contributed by atoms with E-state index in [1.54, 1.807) is 6.20 Å². The molecule has 4 nitrogen and oxygen atoms in total. The molecule has 0 atom stereocenters. The summed E-state index contributed by atoms with van der Waals surface area (Å²) in [5, 5.41) is 10.4. The average molecular weight is 250 g/mol. The van der Waals surface area contributed by atoms with E-state index in [1.165, 1.54) is 0 Å². The topological polar surface area (TPSA) is 55.1 Å². The largest absolute Gasteiger partial charge is 0.382 e. The van der Waals surface area contributed by atoms with Crippen molar-refractivity contribution in [3.05, 3.63) is 18.2 Å². The van der Waals surface area contributed by atoms with Crippen LogP contribution in [0.15, 0.2) is 12.4 Å². The number of carbonyl (C=O) groups is 1. The van der Waals surface area contributed by atoms with Gasteiger partial charge in [-0.05, 0) is 38.5 Å². The highest BCUT2D eigenvalue weighted by Gasteiger charge is 2.38. The molecule has 1 saturated carbocycles. The Labute approximate surface area is 108 Å². The number of Topliss-reactive ketones (excluding diaryl/α,β-unsaturated/α-hetero) is 1. The minimum Gasteiger partial charge on any atom is -0.382 e. The van der Waals surface area contributed by atoms with Crippen LogP contribution in [0, 0.1) is 5.92 Å². The molecule has 0 saturated heterocycles. The molecule has 0 unspecified atom stereocenters. The normalized spacial score (nSPS) is 28.3. The number of rotatable bonds is 4. The smallest absolute Gasteiger partial charge is 0.171 e. The molecule has 0 radical (unpaired) electrons. The van der Waals surface area contributed by atoms with Gasteiger partial charge in [-0.25, -0.2) is 4.98 Å². The zero-order valence-corrected chi connectivity index (χ0v) is 11.2. The second-order valence-corrected chi connectivity index (χ2v) is 5.44. The van der Waals surface area contributed by atoms with Crippen LogP contribution in [-0.4, -0.2) is 26.0 Å². The number of ketones is 1.